The quantitative estimate of drug-likeness (QED) is 0.904. The number of benzene rings is 1. The van der Waals surface area contributed by atoms with E-state index >= 15 is 0 Å². The number of hydrogen-bond acceptors (Lipinski definition) is 2. The Morgan fingerprint density at radius 1 is 1.28 bits per heavy atom. The largest absolute Gasteiger partial charge is 0.497 e. The highest BCUT2D eigenvalue weighted by atomic mass is 16.5. The van der Waals surface area contributed by atoms with Gasteiger partial charge in [0.2, 0.25) is 0 Å². The van der Waals surface area contributed by atoms with Crippen molar-refractivity contribution in [1.82, 2.24) is 4.57 Å². The number of carbonyl (C=O) groups is 1. The number of aryl methyl sites for hydroxylation is 1. The Kier molecular flexibility index (Phi) is 3.10. The number of aromatic nitrogens is 1. The van der Waals surface area contributed by atoms with Gasteiger partial charge in [0, 0.05) is 24.5 Å². The minimum atomic E-state index is -0.904. The lowest BCUT2D eigenvalue weighted by atomic mass is 10.0. The summed E-state index contributed by atoms with van der Waals surface area (Å²) in [6.07, 6.45) is 1.83. The van der Waals surface area contributed by atoms with Crippen LogP contribution in [0.3, 0.4) is 0 Å². The molecule has 0 radical (unpaired) electrons. The molecule has 2 rings (SSSR count). The van der Waals surface area contributed by atoms with Crippen LogP contribution >= 0.6 is 0 Å². The first kappa shape index (κ1) is 12.2. The average Bonchev–Trinajstić information content (AvgIpc) is 2.66. The van der Waals surface area contributed by atoms with Gasteiger partial charge in [0.1, 0.15) is 5.75 Å². The van der Waals surface area contributed by atoms with E-state index in [4.69, 9.17) is 4.74 Å². The Hall–Kier alpha value is -2.23. The molecule has 0 amide bonds. The Balaban J connectivity index is 2.56. The van der Waals surface area contributed by atoms with Crippen molar-refractivity contribution in [2.24, 2.45) is 7.05 Å². The summed E-state index contributed by atoms with van der Waals surface area (Å²) in [5, 5.41) is 9.28. The highest BCUT2D eigenvalue weighted by Crippen LogP contribution is 2.29. The second-order valence-electron chi connectivity index (χ2n) is 4.15. The van der Waals surface area contributed by atoms with Crippen molar-refractivity contribution in [3.8, 4) is 16.9 Å². The number of rotatable bonds is 3. The van der Waals surface area contributed by atoms with Gasteiger partial charge in [-0.05, 0) is 24.6 Å². The summed E-state index contributed by atoms with van der Waals surface area (Å²) < 4.78 is 6.91. The molecule has 0 aliphatic carbocycles. The molecule has 4 heteroatoms. The monoisotopic (exact) mass is 245 g/mol. The third-order valence-electron chi connectivity index (χ3n) is 3.10. The second kappa shape index (κ2) is 4.56. The number of methoxy groups -OCH3 is 1. The normalized spacial score (nSPS) is 10.4. The molecule has 0 aliphatic heterocycles. The minimum Gasteiger partial charge on any atom is -0.497 e. The molecule has 1 heterocycles. The van der Waals surface area contributed by atoms with Gasteiger partial charge in [0.25, 0.3) is 0 Å². The van der Waals surface area contributed by atoms with Gasteiger partial charge in [-0.3, -0.25) is 0 Å². The van der Waals surface area contributed by atoms with Crippen molar-refractivity contribution in [3.63, 3.8) is 0 Å². The SMILES string of the molecule is COc1ccc(-c2cn(C)c(C)c2C(=O)O)cc1. The van der Waals surface area contributed by atoms with Crippen LogP contribution < -0.4 is 4.74 Å². The van der Waals surface area contributed by atoms with Gasteiger partial charge in [0.05, 0.1) is 12.7 Å². The number of carboxylic acids is 1. The Labute approximate surface area is 105 Å². The maximum atomic E-state index is 11.3. The van der Waals surface area contributed by atoms with Crippen LogP contribution in [0.25, 0.3) is 11.1 Å². The first-order valence-electron chi connectivity index (χ1n) is 5.58. The molecule has 0 saturated carbocycles. The van der Waals surface area contributed by atoms with Gasteiger partial charge in [-0.15, -0.1) is 0 Å². The molecule has 94 valence electrons. The zero-order valence-electron chi connectivity index (χ0n) is 10.6. The van der Waals surface area contributed by atoms with E-state index in [1.807, 2.05) is 42.1 Å². The van der Waals surface area contributed by atoms with Crippen LogP contribution in [0.5, 0.6) is 5.75 Å². The number of aromatic carboxylic acids is 1. The fourth-order valence-electron chi connectivity index (χ4n) is 1.99. The second-order valence-corrected chi connectivity index (χ2v) is 4.15. The van der Waals surface area contributed by atoms with Crippen LogP contribution in [0.4, 0.5) is 0 Å². The van der Waals surface area contributed by atoms with Crippen molar-refractivity contribution in [2.75, 3.05) is 7.11 Å². The number of hydrogen-bond donors (Lipinski definition) is 1. The van der Waals surface area contributed by atoms with Crippen LogP contribution in [0, 0.1) is 6.92 Å². The third kappa shape index (κ3) is 1.97. The smallest absolute Gasteiger partial charge is 0.338 e. The topological polar surface area (TPSA) is 51.5 Å². The molecular weight excluding hydrogens is 230 g/mol. The number of ether oxygens (including phenoxy) is 1. The molecule has 4 nitrogen and oxygen atoms in total. The molecule has 18 heavy (non-hydrogen) atoms. The van der Waals surface area contributed by atoms with E-state index in [0.717, 1.165) is 22.6 Å². The highest BCUT2D eigenvalue weighted by Gasteiger charge is 2.18. The van der Waals surface area contributed by atoms with Crippen molar-refractivity contribution >= 4 is 5.97 Å². The van der Waals surface area contributed by atoms with E-state index < -0.39 is 5.97 Å². The van der Waals surface area contributed by atoms with Crippen LogP contribution in [0.15, 0.2) is 30.5 Å². The van der Waals surface area contributed by atoms with Gasteiger partial charge in [-0.2, -0.15) is 0 Å². The predicted octanol–water partition coefficient (Wildman–Crippen LogP) is 2.71. The maximum absolute atomic E-state index is 11.3. The number of carboxylic acid groups (broad SMARTS) is 1. The van der Waals surface area contributed by atoms with Gasteiger partial charge in [-0.25, -0.2) is 4.79 Å². The third-order valence-corrected chi connectivity index (χ3v) is 3.10. The summed E-state index contributed by atoms with van der Waals surface area (Å²) in [7, 11) is 3.44. The Morgan fingerprint density at radius 3 is 2.39 bits per heavy atom. The summed E-state index contributed by atoms with van der Waals surface area (Å²) in [5.74, 6) is -0.151. The van der Waals surface area contributed by atoms with Gasteiger partial charge >= 0.3 is 5.97 Å². The zero-order valence-corrected chi connectivity index (χ0v) is 10.6. The van der Waals surface area contributed by atoms with E-state index in [9.17, 15) is 9.90 Å². The summed E-state index contributed by atoms with van der Waals surface area (Å²) in [4.78, 5) is 11.3. The first-order valence-corrected chi connectivity index (χ1v) is 5.58. The van der Waals surface area contributed by atoms with Crippen LogP contribution in [-0.2, 0) is 7.05 Å². The van der Waals surface area contributed by atoms with E-state index in [0.29, 0.717) is 5.56 Å². The van der Waals surface area contributed by atoms with Crippen LogP contribution in [0.2, 0.25) is 0 Å². The van der Waals surface area contributed by atoms with Crippen molar-refractivity contribution < 1.29 is 14.6 Å². The molecule has 0 fully saturated rings. The average molecular weight is 245 g/mol. The molecule has 0 unspecified atom stereocenters. The summed E-state index contributed by atoms with van der Waals surface area (Å²) >= 11 is 0. The Bertz CT molecular complexity index is 582. The molecule has 0 saturated heterocycles. The molecule has 1 aromatic heterocycles. The van der Waals surface area contributed by atoms with Crippen LogP contribution in [0.1, 0.15) is 16.1 Å². The summed E-state index contributed by atoms with van der Waals surface area (Å²) in [5.41, 5.74) is 2.69. The van der Waals surface area contributed by atoms with Gasteiger partial charge < -0.3 is 14.4 Å². The van der Waals surface area contributed by atoms with Crippen molar-refractivity contribution in [3.05, 3.63) is 41.7 Å². The molecular formula is C14H15NO3. The first-order chi connectivity index (χ1) is 8.54. The maximum Gasteiger partial charge on any atom is 0.338 e. The standard InChI is InChI=1S/C14H15NO3/c1-9-13(14(16)17)12(8-15(9)2)10-4-6-11(18-3)7-5-10/h4-8H,1-3H3,(H,16,17). The fourth-order valence-corrected chi connectivity index (χ4v) is 1.99. The van der Waals surface area contributed by atoms with Crippen LogP contribution in [-0.4, -0.2) is 22.8 Å². The number of nitrogens with zero attached hydrogens (tertiary/aromatic N) is 1. The van der Waals surface area contributed by atoms with E-state index in [2.05, 4.69) is 0 Å². The lowest BCUT2D eigenvalue weighted by Gasteiger charge is -2.03. The molecule has 1 N–H and O–H groups in total. The zero-order chi connectivity index (χ0) is 13.3. The molecule has 0 spiro atoms. The molecule has 0 atom stereocenters. The van der Waals surface area contributed by atoms with Gasteiger partial charge in [-0.1, -0.05) is 12.1 Å². The summed E-state index contributed by atoms with van der Waals surface area (Å²) in [6, 6.07) is 7.37. The van der Waals surface area contributed by atoms with E-state index in [-0.39, 0.29) is 0 Å². The predicted molar refractivity (Wildman–Crippen MR) is 69.1 cm³/mol. The van der Waals surface area contributed by atoms with E-state index in [1.165, 1.54) is 0 Å². The molecule has 0 aliphatic rings. The molecule has 0 bridgehead atoms. The highest BCUT2D eigenvalue weighted by molar-refractivity contribution is 5.97. The van der Waals surface area contributed by atoms with Crippen molar-refractivity contribution in [2.45, 2.75) is 6.92 Å². The molecule has 2 aromatic rings. The summed E-state index contributed by atoms with van der Waals surface area (Å²) in [6.45, 7) is 1.80. The Morgan fingerprint density at radius 2 is 1.89 bits per heavy atom. The van der Waals surface area contributed by atoms with Gasteiger partial charge in [0.15, 0.2) is 0 Å². The lowest BCUT2D eigenvalue weighted by molar-refractivity contribution is 0.0697. The fraction of sp³-hybridized carbons (Fsp3) is 0.214. The van der Waals surface area contributed by atoms with Crippen molar-refractivity contribution in [1.29, 1.82) is 0 Å². The molecule has 1 aromatic carbocycles. The van der Waals surface area contributed by atoms with E-state index in [1.54, 1.807) is 14.0 Å². The lowest BCUT2D eigenvalue weighted by Crippen LogP contribution is -2.00. The minimum absolute atomic E-state index is 0.350.